The minimum Gasteiger partial charge on any atom is -0.465 e. The Kier molecular flexibility index (Phi) is 5.78. The van der Waals surface area contributed by atoms with Gasteiger partial charge in [0.15, 0.2) is 5.79 Å². The van der Waals surface area contributed by atoms with E-state index in [-0.39, 0.29) is 12.1 Å². The molecule has 0 N–H and O–H groups in total. The van der Waals surface area contributed by atoms with Crippen molar-refractivity contribution in [1.82, 2.24) is 0 Å². The Hall–Kier alpha value is -0.870. The van der Waals surface area contributed by atoms with Gasteiger partial charge < -0.3 is 14.2 Å². The van der Waals surface area contributed by atoms with Crippen molar-refractivity contribution in [2.24, 2.45) is 5.41 Å². The molecule has 1 aliphatic rings. The number of carbonyl (C=O) groups excluding carboxylic acids is 1. The van der Waals surface area contributed by atoms with Crippen LogP contribution in [0.15, 0.2) is 12.2 Å². The van der Waals surface area contributed by atoms with E-state index in [1.807, 2.05) is 27.7 Å². The molecule has 0 radical (unpaired) electrons. The van der Waals surface area contributed by atoms with E-state index in [1.165, 1.54) is 0 Å². The molecular formula is C16H28O4. The molecule has 4 nitrogen and oxygen atoms in total. The van der Waals surface area contributed by atoms with Gasteiger partial charge in [-0.05, 0) is 40.5 Å². The normalized spacial score (nSPS) is 24.1. The molecule has 1 rings (SSSR count). The van der Waals surface area contributed by atoms with Crippen LogP contribution >= 0.6 is 0 Å². The monoisotopic (exact) mass is 284 g/mol. The van der Waals surface area contributed by atoms with Gasteiger partial charge in [-0.1, -0.05) is 25.5 Å². The predicted molar refractivity (Wildman–Crippen MR) is 78.3 cm³/mol. The van der Waals surface area contributed by atoms with Gasteiger partial charge in [0.25, 0.3) is 0 Å². The number of ether oxygens (including phenoxy) is 3. The SMILES string of the molecule is C=C(C)C(C)(CC1COC(C)(C)O1)C(=O)OCCCC. The third-order valence-electron chi connectivity index (χ3n) is 3.83. The van der Waals surface area contributed by atoms with Gasteiger partial charge in [0.2, 0.25) is 0 Å². The lowest BCUT2D eigenvalue weighted by atomic mass is 9.78. The zero-order valence-electron chi connectivity index (χ0n) is 13.5. The molecule has 0 saturated carbocycles. The Bertz CT molecular complexity index is 361. The highest BCUT2D eigenvalue weighted by atomic mass is 16.7. The second kappa shape index (κ2) is 6.72. The molecule has 0 spiro atoms. The van der Waals surface area contributed by atoms with E-state index >= 15 is 0 Å². The quantitative estimate of drug-likeness (QED) is 0.408. The molecule has 116 valence electrons. The summed E-state index contributed by atoms with van der Waals surface area (Å²) in [5.74, 6) is -0.793. The van der Waals surface area contributed by atoms with Crippen LogP contribution < -0.4 is 0 Å². The molecule has 0 aliphatic carbocycles. The summed E-state index contributed by atoms with van der Waals surface area (Å²) in [7, 11) is 0. The van der Waals surface area contributed by atoms with E-state index in [0.717, 1.165) is 18.4 Å². The van der Waals surface area contributed by atoms with Crippen molar-refractivity contribution in [3.05, 3.63) is 12.2 Å². The van der Waals surface area contributed by atoms with Crippen LogP contribution in [0.5, 0.6) is 0 Å². The van der Waals surface area contributed by atoms with Crippen LogP contribution in [0.3, 0.4) is 0 Å². The van der Waals surface area contributed by atoms with Crippen LogP contribution in [0.1, 0.15) is 53.9 Å². The summed E-state index contributed by atoms with van der Waals surface area (Å²) in [6, 6.07) is 0. The number of hydrogen-bond acceptors (Lipinski definition) is 4. The number of rotatable bonds is 7. The van der Waals surface area contributed by atoms with E-state index < -0.39 is 11.2 Å². The lowest BCUT2D eigenvalue weighted by Crippen LogP contribution is -2.36. The summed E-state index contributed by atoms with van der Waals surface area (Å²) in [6.45, 7) is 14.5. The van der Waals surface area contributed by atoms with E-state index in [9.17, 15) is 4.79 Å². The topological polar surface area (TPSA) is 44.8 Å². The minimum absolute atomic E-state index is 0.106. The molecule has 0 bridgehead atoms. The van der Waals surface area contributed by atoms with Crippen molar-refractivity contribution >= 4 is 5.97 Å². The lowest BCUT2D eigenvalue weighted by Gasteiger charge is -2.30. The van der Waals surface area contributed by atoms with Gasteiger partial charge in [-0.3, -0.25) is 4.79 Å². The van der Waals surface area contributed by atoms with Crippen molar-refractivity contribution in [1.29, 1.82) is 0 Å². The fourth-order valence-electron chi connectivity index (χ4n) is 2.22. The molecule has 4 heteroatoms. The fourth-order valence-corrected chi connectivity index (χ4v) is 2.22. The third kappa shape index (κ3) is 4.32. The Balaban J connectivity index is 2.67. The second-order valence-electron chi connectivity index (χ2n) is 6.26. The van der Waals surface area contributed by atoms with Gasteiger partial charge in [0.1, 0.15) is 0 Å². The molecule has 1 heterocycles. The van der Waals surface area contributed by atoms with E-state index in [1.54, 1.807) is 0 Å². The van der Waals surface area contributed by atoms with Crippen LogP contribution in [-0.4, -0.2) is 31.1 Å². The average Bonchev–Trinajstić information content (AvgIpc) is 2.68. The predicted octanol–water partition coefficient (Wildman–Crippen LogP) is 3.45. The fraction of sp³-hybridized carbons (Fsp3) is 0.812. The molecular weight excluding hydrogens is 256 g/mol. The first-order valence-electron chi connectivity index (χ1n) is 7.36. The zero-order chi connectivity index (χ0) is 15.4. The Morgan fingerprint density at radius 3 is 2.60 bits per heavy atom. The molecule has 1 saturated heterocycles. The maximum Gasteiger partial charge on any atom is 0.316 e. The van der Waals surface area contributed by atoms with Crippen LogP contribution in [0.2, 0.25) is 0 Å². The number of unbranched alkanes of at least 4 members (excludes halogenated alkanes) is 1. The maximum absolute atomic E-state index is 12.4. The van der Waals surface area contributed by atoms with Gasteiger partial charge in [0.05, 0.1) is 24.7 Å². The van der Waals surface area contributed by atoms with E-state index in [0.29, 0.717) is 19.6 Å². The lowest BCUT2D eigenvalue weighted by molar-refractivity contribution is -0.159. The number of esters is 1. The summed E-state index contributed by atoms with van der Waals surface area (Å²) in [5.41, 5.74) is 0.0784. The first-order valence-corrected chi connectivity index (χ1v) is 7.36. The molecule has 2 unspecified atom stereocenters. The molecule has 1 aliphatic heterocycles. The summed E-state index contributed by atoms with van der Waals surface area (Å²) in [6.07, 6.45) is 2.32. The zero-order valence-corrected chi connectivity index (χ0v) is 13.5. The first-order chi connectivity index (χ1) is 9.21. The van der Waals surface area contributed by atoms with Gasteiger partial charge in [-0.15, -0.1) is 0 Å². The molecule has 0 amide bonds. The molecule has 20 heavy (non-hydrogen) atoms. The van der Waals surface area contributed by atoms with Gasteiger partial charge in [-0.2, -0.15) is 0 Å². The number of hydrogen-bond donors (Lipinski definition) is 0. The average molecular weight is 284 g/mol. The highest BCUT2D eigenvalue weighted by Crippen LogP contribution is 2.37. The van der Waals surface area contributed by atoms with E-state index in [4.69, 9.17) is 14.2 Å². The Morgan fingerprint density at radius 1 is 1.50 bits per heavy atom. The van der Waals surface area contributed by atoms with Gasteiger partial charge in [0, 0.05) is 0 Å². The van der Waals surface area contributed by atoms with Crippen molar-refractivity contribution in [2.45, 2.75) is 65.8 Å². The molecule has 1 fully saturated rings. The van der Waals surface area contributed by atoms with Crippen molar-refractivity contribution in [3.63, 3.8) is 0 Å². The van der Waals surface area contributed by atoms with Crippen molar-refractivity contribution in [2.75, 3.05) is 13.2 Å². The molecule has 2 atom stereocenters. The highest BCUT2D eigenvalue weighted by molar-refractivity contribution is 5.79. The maximum atomic E-state index is 12.4. The van der Waals surface area contributed by atoms with Crippen molar-refractivity contribution in [3.8, 4) is 0 Å². The summed E-state index contributed by atoms with van der Waals surface area (Å²) in [5, 5.41) is 0. The first kappa shape index (κ1) is 17.2. The Morgan fingerprint density at radius 2 is 2.15 bits per heavy atom. The van der Waals surface area contributed by atoms with Crippen molar-refractivity contribution < 1.29 is 19.0 Å². The van der Waals surface area contributed by atoms with E-state index in [2.05, 4.69) is 13.5 Å². The minimum atomic E-state index is -0.720. The van der Waals surface area contributed by atoms with Gasteiger partial charge in [-0.25, -0.2) is 0 Å². The Labute approximate surface area is 122 Å². The van der Waals surface area contributed by atoms with Gasteiger partial charge >= 0.3 is 5.97 Å². The third-order valence-corrected chi connectivity index (χ3v) is 3.83. The van der Waals surface area contributed by atoms with Crippen LogP contribution in [-0.2, 0) is 19.0 Å². The largest absolute Gasteiger partial charge is 0.465 e. The standard InChI is InChI=1S/C16H28O4/c1-7-8-9-18-14(17)16(6,12(2)3)10-13-11-19-15(4,5)20-13/h13H,2,7-11H2,1,3-6H3. The summed E-state index contributed by atoms with van der Waals surface area (Å²) < 4.78 is 16.7. The molecule has 0 aromatic carbocycles. The van der Waals surface area contributed by atoms with Crippen LogP contribution in [0.4, 0.5) is 0 Å². The van der Waals surface area contributed by atoms with Crippen LogP contribution in [0.25, 0.3) is 0 Å². The molecule has 0 aromatic rings. The second-order valence-corrected chi connectivity index (χ2v) is 6.26. The summed E-state index contributed by atoms with van der Waals surface area (Å²) >= 11 is 0. The smallest absolute Gasteiger partial charge is 0.316 e. The molecule has 0 aromatic heterocycles. The highest BCUT2D eigenvalue weighted by Gasteiger charge is 2.42. The summed E-state index contributed by atoms with van der Waals surface area (Å²) in [4.78, 5) is 12.4. The number of carbonyl (C=O) groups is 1. The van der Waals surface area contributed by atoms with Crippen LogP contribution in [0, 0.1) is 5.41 Å².